The molecule has 3 aliphatic carbocycles. The van der Waals surface area contributed by atoms with Crippen molar-refractivity contribution in [3.8, 4) is 0 Å². The van der Waals surface area contributed by atoms with E-state index in [1.165, 1.54) is 25.7 Å². The van der Waals surface area contributed by atoms with Crippen LogP contribution in [0, 0.1) is 28.6 Å². The molecule has 1 spiro atoms. The fourth-order valence-corrected chi connectivity index (χ4v) is 7.23. The Hall–Kier alpha value is -0.340. The van der Waals surface area contributed by atoms with Crippen molar-refractivity contribution in [2.75, 3.05) is 0 Å². The molecule has 4 fully saturated rings. The van der Waals surface area contributed by atoms with E-state index in [1.807, 2.05) is 6.92 Å². The second kappa shape index (κ2) is 4.19. The molecule has 0 amide bonds. The molecule has 1 saturated heterocycles. The van der Waals surface area contributed by atoms with Crippen molar-refractivity contribution in [1.82, 2.24) is 0 Å². The maximum atomic E-state index is 6.63. The highest BCUT2D eigenvalue weighted by molar-refractivity contribution is 5.22. The average Bonchev–Trinajstić information content (AvgIpc) is 2.92. The van der Waals surface area contributed by atoms with E-state index in [0.29, 0.717) is 16.7 Å². The third-order valence-electron chi connectivity index (χ3n) is 8.11. The van der Waals surface area contributed by atoms with Crippen LogP contribution in [-0.2, 0) is 9.47 Å². The topological polar surface area (TPSA) is 18.5 Å². The summed E-state index contributed by atoms with van der Waals surface area (Å²) >= 11 is 0. The molecule has 2 bridgehead atoms. The molecule has 2 heteroatoms. The minimum Gasteiger partial charge on any atom is -0.340 e. The highest BCUT2D eigenvalue weighted by Crippen LogP contribution is 2.75. The Labute approximate surface area is 135 Å². The van der Waals surface area contributed by atoms with E-state index in [-0.39, 0.29) is 11.7 Å². The van der Waals surface area contributed by atoms with Crippen LogP contribution in [0.4, 0.5) is 0 Å². The molecule has 7 atom stereocenters. The van der Waals surface area contributed by atoms with E-state index in [1.54, 1.807) is 0 Å². The third kappa shape index (κ3) is 1.59. The number of fused-ring (bicyclic) bond motifs is 3. The Morgan fingerprint density at radius 2 is 1.73 bits per heavy atom. The molecule has 3 saturated carbocycles. The minimum atomic E-state index is -0.539. The SMILES string of the molecule is C/C=C\C1(C)OC2CC34CC(C(C)(C)C3CCC4C)C2(C)O1. The van der Waals surface area contributed by atoms with E-state index < -0.39 is 5.79 Å². The number of ether oxygens (including phenoxy) is 2. The smallest absolute Gasteiger partial charge is 0.186 e. The third-order valence-corrected chi connectivity index (χ3v) is 8.11. The molecule has 2 nitrogen and oxygen atoms in total. The lowest BCUT2D eigenvalue weighted by atomic mass is 9.63. The van der Waals surface area contributed by atoms with E-state index >= 15 is 0 Å². The summed E-state index contributed by atoms with van der Waals surface area (Å²) in [6, 6.07) is 0. The van der Waals surface area contributed by atoms with Crippen molar-refractivity contribution in [2.24, 2.45) is 28.6 Å². The molecule has 7 unspecified atom stereocenters. The van der Waals surface area contributed by atoms with Gasteiger partial charge >= 0.3 is 0 Å². The molecule has 22 heavy (non-hydrogen) atoms. The van der Waals surface area contributed by atoms with Gasteiger partial charge in [0, 0.05) is 0 Å². The van der Waals surface area contributed by atoms with Gasteiger partial charge < -0.3 is 9.47 Å². The van der Waals surface area contributed by atoms with Crippen molar-refractivity contribution in [2.45, 2.75) is 84.7 Å². The van der Waals surface area contributed by atoms with Gasteiger partial charge in [-0.05, 0) is 81.1 Å². The van der Waals surface area contributed by atoms with Crippen LogP contribution in [0.25, 0.3) is 0 Å². The lowest BCUT2D eigenvalue weighted by molar-refractivity contribution is -0.158. The van der Waals surface area contributed by atoms with Gasteiger partial charge in [-0.15, -0.1) is 0 Å². The molecule has 0 N–H and O–H groups in total. The molecular weight excluding hydrogens is 272 g/mol. The first-order valence-electron chi connectivity index (χ1n) is 9.20. The molecule has 0 aromatic heterocycles. The molecule has 124 valence electrons. The van der Waals surface area contributed by atoms with Gasteiger partial charge in [0.2, 0.25) is 0 Å². The normalized spacial score (nSPS) is 59.0. The monoisotopic (exact) mass is 304 g/mol. The van der Waals surface area contributed by atoms with E-state index in [0.717, 1.165) is 11.8 Å². The highest BCUT2D eigenvalue weighted by atomic mass is 16.8. The van der Waals surface area contributed by atoms with Crippen molar-refractivity contribution >= 4 is 0 Å². The van der Waals surface area contributed by atoms with Crippen LogP contribution in [0.5, 0.6) is 0 Å². The zero-order valence-corrected chi connectivity index (χ0v) is 15.1. The van der Waals surface area contributed by atoms with Gasteiger partial charge in [0.15, 0.2) is 5.79 Å². The standard InChI is InChI=1S/C20H32O2/c1-7-10-18(5)21-16-12-20-11-15(19(16,6)22-18)17(3,4)14(20)9-8-13(20)2/h7,10,13-16H,8-9,11-12H2,1-6H3/b10-7-. The first kappa shape index (κ1) is 15.2. The van der Waals surface area contributed by atoms with Gasteiger partial charge in [0.1, 0.15) is 0 Å². The fraction of sp³-hybridized carbons (Fsp3) is 0.900. The minimum absolute atomic E-state index is 0.132. The summed E-state index contributed by atoms with van der Waals surface area (Å²) in [6.07, 6.45) is 9.73. The highest BCUT2D eigenvalue weighted by Gasteiger charge is 2.74. The predicted molar refractivity (Wildman–Crippen MR) is 88.4 cm³/mol. The Kier molecular flexibility index (Phi) is 2.89. The van der Waals surface area contributed by atoms with Crippen LogP contribution in [-0.4, -0.2) is 17.5 Å². The van der Waals surface area contributed by atoms with Crippen molar-refractivity contribution in [3.63, 3.8) is 0 Å². The maximum Gasteiger partial charge on any atom is 0.186 e. The van der Waals surface area contributed by atoms with Gasteiger partial charge in [-0.2, -0.15) is 0 Å². The molecule has 1 heterocycles. The maximum absolute atomic E-state index is 6.63. The molecule has 0 aromatic carbocycles. The number of rotatable bonds is 1. The fourth-order valence-electron chi connectivity index (χ4n) is 7.23. The van der Waals surface area contributed by atoms with Crippen LogP contribution >= 0.6 is 0 Å². The van der Waals surface area contributed by atoms with Crippen LogP contribution in [0.2, 0.25) is 0 Å². The second-order valence-corrected chi connectivity index (χ2v) is 9.45. The molecule has 4 rings (SSSR count). The lowest BCUT2D eigenvalue weighted by Gasteiger charge is -2.47. The van der Waals surface area contributed by atoms with Crippen LogP contribution < -0.4 is 0 Å². The van der Waals surface area contributed by atoms with E-state index in [9.17, 15) is 0 Å². The number of allylic oxidation sites excluding steroid dienone is 1. The summed E-state index contributed by atoms with van der Waals surface area (Å²) in [7, 11) is 0. The summed E-state index contributed by atoms with van der Waals surface area (Å²) in [6.45, 7) is 14.0. The molecule has 0 aromatic rings. The zero-order chi connectivity index (χ0) is 16.0. The van der Waals surface area contributed by atoms with Crippen molar-refractivity contribution < 1.29 is 9.47 Å². The van der Waals surface area contributed by atoms with Gasteiger partial charge in [-0.3, -0.25) is 0 Å². The van der Waals surface area contributed by atoms with E-state index in [2.05, 4.69) is 46.8 Å². The quantitative estimate of drug-likeness (QED) is 0.639. The molecule has 0 radical (unpaired) electrons. The Bertz CT molecular complexity index is 524. The van der Waals surface area contributed by atoms with E-state index in [4.69, 9.17) is 9.47 Å². The lowest BCUT2D eigenvalue weighted by Crippen LogP contribution is -2.52. The number of hydrogen-bond acceptors (Lipinski definition) is 2. The van der Waals surface area contributed by atoms with Crippen LogP contribution in [0.15, 0.2) is 12.2 Å². The van der Waals surface area contributed by atoms with Gasteiger partial charge in [-0.25, -0.2) is 0 Å². The molecule has 1 aliphatic heterocycles. The van der Waals surface area contributed by atoms with Gasteiger partial charge in [0.25, 0.3) is 0 Å². The first-order valence-corrected chi connectivity index (χ1v) is 9.20. The summed E-state index contributed by atoms with van der Waals surface area (Å²) in [5.74, 6) is 1.76. The Morgan fingerprint density at radius 1 is 1.00 bits per heavy atom. The predicted octanol–water partition coefficient (Wildman–Crippen LogP) is 4.94. The second-order valence-electron chi connectivity index (χ2n) is 9.45. The summed E-state index contributed by atoms with van der Waals surface area (Å²) in [4.78, 5) is 0. The molecule has 4 aliphatic rings. The zero-order valence-electron chi connectivity index (χ0n) is 15.1. The van der Waals surface area contributed by atoms with Crippen molar-refractivity contribution in [3.05, 3.63) is 12.2 Å². The van der Waals surface area contributed by atoms with Crippen LogP contribution in [0.1, 0.15) is 67.2 Å². The largest absolute Gasteiger partial charge is 0.340 e. The summed E-state index contributed by atoms with van der Waals surface area (Å²) in [5, 5.41) is 0. The Morgan fingerprint density at radius 3 is 2.41 bits per heavy atom. The van der Waals surface area contributed by atoms with Crippen molar-refractivity contribution in [1.29, 1.82) is 0 Å². The number of hydrogen-bond donors (Lipinski definition) is 0. The first-order chi connectivity index (χ1) is 10.2. The van der Waals surface area contributed by atoms with Gasteiger partial charge in [0.05, 0.1) is 11.7 Å². The summed E-state index contributed by atoms with van der Waals surface area (Å²) < 4.78 is 13.1. The Balaban J connectivity index is 1.78. The molecular formula is C20H32O2. The van der Waals surface area contributed by atoms with Gasteiger partial charge in [-0.1, -0.05) is 26.8 Å². The summed E-state index contributed by atoms with van der Waals surface area (Å²) in [5.41, 5.74) is 0.731. The average molecular weight is 304 g/mol. The van der Waals surface area contributed by atoms with Crippen LogP contribution in [0.3, 0.4) is 0 Å².